The maximum Gasteiger partial charge on any atom is 0.270 e. The summed E-state index contributed by atoms with van der Waals surface area (Å²) in [6.45, 7) is 8.61. The Labute approximate surface area is 234 Å². The summed E-state index contributed by atoms with van der Waals surface area (Å²) in [5.74, 6) is 0.543. The lowest BCUT2D eigenvalue weighted by Crippen LogP contribution is -2.24. The number of aromatic amines is 1. The van der Waals surface area contributed by atoms with Crippen molar-refractivity contribution in [1.82, 2.24) is 20.6 Å². The minimum atomic E-state index is -0.194. The van der Waals surface area contributed by atoms with E-state index in [-0.39, 0.29) is 23.7 Å². The van der Waals surface area contributed by atoms with E-state index in [1.54, 1.807) is 11.8 Å². The van der Waals surface area contributed by atoms with Crippen LogP contribution >= 0.6 is 23.4 Å². The molecule has 0 aliphatic heterocycles. The predicted octanol–water partition coefficient (Wildman–Crippen LogP) is 7.81. The number of allylic oxidation sites excluding steroid dienone is 4. The number of carbonyl (C=O) groups is 1. The molecule has 0 saturated heterocycles. The number of carbonyl (C=O) groups excluding carboxylic acids is 1. The second kappa shape index (κ2) is 13.1. The van der Waals surface area contributed by atoms with Crippen molar-refractivity contribution in [3.05, 3.63) is 99.0 Å². The summed E-state index contributed by atoms with van der Waals surface area (Å²) in [5.41, 5.74) is 5.88. The van der Waals surface area contributed by atoms with Gasteiger partial charge in [-0.15, -0.1) is 5.10 Å². The van der Waals surface area contributed by atoms with Crippen LogP contribution in [0.25, 0.3) is 0 Å². The molecule has 1 aliphatic carbocycles. The Balaban J connectivity index is 1.62. The highest BCUT2D eigenvalue weighted by Gasteiger charge is 2.29. The number of hydrogen-bond acceptors (Lipinski definition) is 5. The van der Waals surface area contributed by atoms with Crippen LogP contribution in [0.15, 0.2) is 82.1 Å². The molecule has 2 aromatic carbocycles. The van der Waals surface area contributed by atoms with Crippen molar-refractivity contribution in [2.45, 2.75) is 57.8 Å². The molecule has 1 heterocycles. The summed E-state index contributed by atoms with van der Waals surface area (Å²) in [5, 5.41) is 19.2. The van der Waals surface area contributed by atoms with Crippen LogP contribution in [0.2, 0.25) is 5.02 Å². The zero-order chi connectivity index (χ0) is 27.1. The van der Waals surface area contributed by atoms with Gasteiger partial charge in [0.1, 0.15) is 0 Å². The van der Waals surface area contributed by atoms with Crippen molar-refractivity contribution in [3.8, 4) is 0 Å². The van der Waals surface area contributed by atoms with Gasteiger partial charge >= 0.3 is 0 Å². The standard InChI is InChI=1S/C30H34ClN5OS/c1-5-6-26(23-10-13-25(20(3)18-23)29(37)32-30-33-35-36-34-30)27(22-8-11-24(31)12-9-22)15-16-38-28-14-7-19(2)17-21(28)4/h7-17,20,26-27H,5-6,18H2,1-4H3,(H2,32,33,34,35,36,37). The number of anilines is 1. The molecular formula is C30H34ClN5OS. The van der Waals surface area contributed by atoms with E-state index < -0.39 is 0 Å². The second-order valence-electron chi connectivity index (χ2n) is 9.85. The molecule has 3 aromatic rings. The Bertz CT molecular complexity index is 1330. The molecule has 0 spiro atoms. The number of benzene rings is 2. The molecule has 1 aliphatic rings. The second-order valence-corrected chi connectivity index (χ2v) is 11.2. The first-order chi connectivity index (χ1) is 18.4. The smallest absolute Gasteiger partial charge is 0.270 e. The van der Waals surface area contributed by atoms with Gasteiger partial charge in [0, 0.05) is 21.4 Å². The van der Waals surface area contributed by atoms with Crippen molar-refractivity contribution in [1.29, 1.82) is 0 Å². The van der Waals surface area contributed by atoms with Gasteiger partial charge in [0.2, 0.25) is 0 Å². The Morgan fingerprint density at radius 1 is 1.21 bits per heavy atom. The van der Waals surface area contributed by atoms with Gasteiger partial charge in [-0.25, -0.2) is 0 Å². The quantitative estimate of drug-likeness (QED) is 0.253. The fourth-order valence-corrected chi connectivity index (χ4v) is 5.97. The molecule has 1 amide bonds. The van der Waals surface area contributed by atoms with Crippen LogP contribution in [0.3, 0.4) is 0 Å². The van der Waals surface area contributed by atoms with Crippen LogP contribution < -0.4 is 5.32 Å². The molecule has 2 N–H and O–H groups in total. The average Bonchev–Trinajstić information content (AvgIpc) is 3.40. The van der Waals surface area contributed by atoms with Crippen molar-refractivity contribution in [2.24, 2.45) is 11.8 Å². The molecule has 0 radical (unpaired) electrons. The Kier molecular flexibility index (Phi) is 9.58. The van der Waals surface area contributed by atoms with Gasteiger partial charge in [-0.3, -0.25) is 10.1 Å². The molecule has 1 aromatic heterocycles. The minimum Gasteiger partial charge on any atom is -0.288 e. The van der Waals surface area contributed by atoms with E-state index in [0.717, 1.165) is 29.9 Å². The van der Waals surface area contributed by atoms with Gasteiger partial charge in [0.05, 0.1) is 0 Å². The van der Waals surface area contributed by atoms with E-state index in [4.69, 9.17) is 11.6 Å². The van der Waals surface area contributed by atoms with Gasteiger partial charge < -0.3 is 0 Å². The van der Waals surface area contributed by atoms with Crippen molar-refractivity contribution in [3.63, 3.8) is 0 Å². The van der Waals surface area contributed by atoms with Gasteiger partial charge in [0.15, 0.2) is 0 Å². The number of amides is 1. The van der Waals surface area contributed by atoms with Crippen LogP contribution in [0.4, 0.5) is 5.95 Å². The first-order valence-electron chi connectivity index (χ1n) is 13.0. The van der Waals surface area contributed by atoms with E-state index in [9.17, 15) is 4.79 Å². The lowest BCUT2D eigenvalue weighted by molar-refractivity contribution is -0.113. The summed E-state index contributed by atoms with van der Waals surface area (Å²) in [4.78, 5) is 14.1. The number of rotatable bonds is 10. The van der Waals surface area contributed by atoms with E-state index in [1.807, 2.05) is 18.2 Å². The summed E-state index contributed by atoms with van der Waals surface area (Å²) < 4.78 is 0. The number of nitrogens with one attached hydrogen (secondary N) is 2. The van der Waals surface area contributed by atoms with Gasteiger partial charge in [-0.2, -0.15) is 5.21 Å². The summed E-state index contributed by atoms with van der Waals surface area (Å²) >= 11 is 8.00. The van der Waals surface area contributed by atoms with Crippen LogP contribution in [0.1, 0.15) is 55.7 Å². The Hall–Kier alpha value is -3.16. The first kappa shape index (κ1) is 27.9. The number of thioether (sulfide) groups is 1. The third-order valence-electron chi connectivity index (χ3n) is 6.96. The zero-order valence-electron chi connectivity index (χ0n) is 22.2. The third kappa shape index (κ3) is 7.03. The molecule has 0 bridgehead atoms. The molecule has 0 fully saturated rings. The summed E-state index contributed by atoms with van der Waals surface area (Å²) in [7, 11) is 0. The lowest BCUT2D eigenvalue weighted by atomic mass is 9.73. The molecular weight excluding hydrogens is 514 g/mol. The molecule has 4 rings (SSSR count). The van der Waals surface area contributed by atoms with Gasteiger partial charge in [-0.1, -0.05) is 102 Å². The number of halogens is 1. The molecule has 8 heteroatoms. The molecule has 3 atom stereocenters. The number of hydrogen-bond donors (Lipinski definition) is 2. The monoisotopic (exact) mass is 547 g/mol. The van der Waals surface area contributed by atoms with Crippen molar-refractivity contribution >= 4 is 35.2 Å². The SMILES string of the molecule is CCCC(C1=CC=C(C(=O)Nc2nn[nH]n2)C(C)C1)C(C=CSc1ccc(C)cc1C)c1ccc(Cl)cc1. The zero-order valence-corrected chi connectivity index (χ0v) is 23.8. The van der Waals surface area contributed by atoms with Crippen LogP contribution in [-0.4, -0.2) is 26.5 Å². The van der Waals surface area contributed by atoms with Crippen molar-refractivity contribution < 1.29 is 4.79 Å². The summed E-state index contributed by atoms with van der Waals surface area (Å²) in [6, 6.07) is 14.8. The fourth-order valence-electron chi connectivity index (χ4n) is 5.05. The Morgan fingerprint density at radius 3 is 2.66 bits per heavy atom. The topological polar surface area (TPSA) is 83.6 Å². The normalized spacial score (nSPS) is 17.1. The van der Waals surface area contributed by atoms with E-state index in [2.05, 4.69) is 102 Å². The maximum atomic E-state index is 12.8. The average molecular weight is 548 g/mol. The highest BCUT2D eigenvalue weighted by atomic mass is 35.5. The minimum absolute atomic E-state index is 0.0701. The van der Waals surface area contributed by atoms with E-state index in [1.165, 1.54) is 27.2 Å². The lowest BCUT2D eigenvalue weighted by Gasteiger charge is -2.31. The number of nitrogens with zero attached hydrogens (tertiary/aromatic N) is 3. The van der Waals surface area contributed by atoms with E-state index >= 15 is 0 Å². The van der Waals surface area contributed by atoms with Gasteiger partial charge in [0.25, 0.3) is 11.9 Å². The fraction of sp³-hybridized carbons (Fsp3) is 0.333. The highest BCUT2D eigenvalue weighted by molar-refractivity contribution is 8.02. The molecule has 0 saturated carbocycles. The van der Waals surface area contributed by atoms with Crippen molar-refractivity contribution in [2.75, 3.05) is 5.32 Å². The first-order valence-corrected chi connectivity index (χ1v) is 14.2. The number of aryl methyl sites for hydroxylation is 2. The maximum absolute atomic E-state index is 12.8. The van der Waals surface area contributed by atoms with Crippen LogP contribution in [-0.2, 0) is 4.79 Å². The number of aromatic nitrogens is 4. The van der Waals surface area contributed by atoms with Crippen LogP contribution in [0.5, 0.6) is 0 Å². The molecule has 6 nitrogen and oxygen atoms in total. The highest BCUT2D eigenvalue weighted by Crippen LogP contribution is 2.41. The van der Waals surface area contributed by atoms with E-state index in [0.29, 0.717) is 5.92 Å². The third-order valence-corrected chi connectivity index (χ3v) is 8.22. The number of tetrazole rings is 1. The predicted molar refractivity (Wildman–Crippen MR) is 156 cm³/mol. The van der Waals surface area contributed by atoms with Gasteiger partial charge in [-0.05, 0) is 78.5 Å². The Morgan fingerprint density at radius 2 is 2.00 bits per heavy atom. The molecule has 3 unspecified atom stereocenters. The summed E-state index contributed by atoms with van der Waals surface area (Å²) in [6.07, 6.45) is 9.35. The molecule has 38 heavy (non-hydrogen) atoms. The largest absolute Gasteiger partial charge is 0.288 e. The van der Waals surface area contributed by atoms with Crippen LogP contribution in [0, 0.1) is 25.7 Å². The molecule has 198 valence electrons. The number of H-pyrrole nitrogens is 1.